The van der Waals surface area contributed by atoms with Gasteiger partial charge in [0.15, 0.2) is 5.13 Å². The van der Waals surface area contributed by atoms with Crippen LogP contribution in [0.2, 0.25) is 0 Å². The van der Waals surface area contributed by atoms with Crippen LogP contribution in [-0.2, 0) is 4.79 Å². The Morgan fingerprint density at radius 2 is 2.26 bits per heavy atom. The van der Waals surface area contributed by atoms with E-state index >= 15 is 0 Å². The van der Waals surface area contributed by atoms with E-state index in [0.29, 0.717) is 18.9 Å². The zero-order valence-electron chi connectivity index (χ0n) is 11.1. The van der Waals surface area contributed by atoms with Crippen molar-refractivity contribution < 1.29 is 9.90 Å². The van der Waals surface area contributed by atoms with Gasteiger partial charge in [-0.3, -0.25) is 4.79 Å². The number of anilines is 1. The topological polar surface area (TPSA) is 62.2 Å². The highest BCUT2D eigenvalue weighted by molar-refractivity contribution is 7.22. The molecule has 0 aliphatic rings. The van der Waals surface area contributed by atoms with Crippen LogP contribution in [0.25, 0.3) is 10.2 Å². The predicted octanol–water partition coefficient (Wildman–Crippen LogP) is 3.70. The first-order valence-electron chi connectivity index (χ1n) is 6.43. The lowest BCUT2D eigenvalue weighted by Gasteiger charge is -2.04. The minimum Gasteiger partial charge on any atom is -0.481 e. The maximum absolute atomic E-state index is 10.4. The first kappa shape index (κ1) is 13.8. The Kier molecular flexibility index (Phi) is 4.37. The predicted molar refractivity (Wildman–Crippen MR) is 79.1 cm³/mol. The average molecular weight is 278 g/mol. The van der Waals surface area contributed by atoms with Crippen LogP contribution in [0.5, 0.6) is 0 Å². The zero-order chi connectivity index (χ0) is 13.8. The molecule has 102 valence electrons. The third-order valence-corrected chi connectivity index (χ3v) is 3.89. The quantitative estimate of drug-likeness (QED) is 0.791. The molecule has 0 fully saturated rings. The summed E-state index contributed by atoms with van der Waals surface area (Å²) in [4.78, 5) is 15.0. The van der Waals surface area contributed by atoms with Gasteiger partial charge in [0.2, 0.25) is 0 Å². The number of carboxylic acid groups (broad SMARTS) is 1. The fourth-order valence-electron chi connectivity index (χ4n) is 1.95. The number of nitrogens with zero attached hydrogens (tertiary/aromatic N) is 1. The second-order valence-electron chi connectivity index (χ2n) is 4.79. The Labute approximate surface area is 116 Å². The molecular weight excluding hydrogens is 260 g/mol. The van der Waals surface area contributed by atoms with Crippen LogP contribution in [0.15, 0.2) is 18.2 Å². The molecule has 5 heteroatoms. The molecule has 1 aromatic carbocycles. The van der Waals surface area contributed by atoms with Crippen LogP contribution in [0, 0.1) is 0 Å². The van der Waals surface area contributed by atoms with Crippen molar-refractivity contribution >= 4 is 32.7 Å². The standard InChI is InChI=1S/C14H18N2O2S/c1-9(2)10-5-3-6-11-13(10)16-14(19-11)15-8-4-7-12(17)18/h3,5-6,9H,4,7-8H2,1-2H3,(H,15,16)(H,17,18). The largest absolute Gasteiger partial charge is 0.481 e. The molecule has 0 unspecified atom stereocenters. The molecule has 2 rings (SSSR count). The van der Waals surface area contributed by atoms with Gasteiger partial charge in [0.05, 0.1) is 10.2 Å². The highest BCUT2D eigenvalue weighted by Crippen LogP contribution is 2.31. The highest BCUT2D eigenvalue weighted by atomic mass is 32.1. The summed E-state index contributed by atoms with van der Waals surface area (Å²) in [6, 6.07) is 6.24. The molecule has 0 aliphatic heterocycles. The normalized spacial score (nSPS) is 11.1. The fourth-order valence-corrected chi connectivity index (χ4v) is 2.87. The molecule has 0 radical (unpaired) electrons. The van der Waals surface area contributed by atoms with Crippen molar-refractivity contribution in [1.82, 2.24) is 4.98 Å². The molecular formula is C14H18N2O2S. The summed E-state index contributed by atoms with van der Waals surface area (Å²) in [5.41, 5.74) is 2.32. The number of fused-ring (bicyclic) bond motifs is 1. The van der Waals surface area contributed by atoms with E-state index in [4.69, 9.17) is 5.11 Å². The lowest BCUT2D eigenvalue weighted by atomic mass is 10.0. The molecule has 0 bridgehead atoms. The minimum absolute atomic E-state index is 0.190. The van der Waals surface area contributed by atoms with Crippen molar-refractivity contribution in [2.75, 3.05) is 11.9 Å². The van der Waals surface area contributed by atoms with Crippen molar-refractivity contribution in [2.24, 2.45) is 0 Å². The van der Waals surface area contributed by atoms with Gasteiger partial charge in [0.1, 0.15) is 0 Å². The zero-order valence-corrected chi connectivity index (χ0v) is 12.0. The molecule has 0 amide bonds. The van der Waals surface area contributed by atoms with E-state index < -0.39 is 5.97 Å². The molecule has 0 aliphatic carbocycles. The Morgan fingerprint density at radius 1 is 1.47 bits per heavy atom. The molecule has 1 heterocycles. The van der Waals surface area contributed by atoms with E-state index in [9.17, 15) is 4.79 Å². The minimum atomic E-state index is -0.756. The molecule has 1 aromatic heterocycles. The molecule has 4 nitrogen and oxygen atoms in total. The van der Waals surface area contributed by atoms with Gasteiger partial charge in [-0.1, -0.05) is 37.3 Å². The van der Waals surface area contributed by atoms with Gasteiger partial charge in [0, 0.05) is 13.0 Å². The van der Waals surface area contributed by atoms with Gasteiger partial charge in [-0.05, 0) is 24.0 Å². The van der Waals surface area contributed by atoms with Crippen molar-refractivity contribution in [1.29, 1.82) is 0 Å². The monoisotopic (exact) mass is 278 g/mol. The number of carbonyl (C=O) groups is 1. The van der Waals surface area contributed by atoms with E-state index in [2.05, 4.69) is 42.3 Å². The Hall–Kier alpha value is -1.62. The SMILES string of the molecule is CC(C)c1cccc2sc(NCCCC(=O)O)nc12. The third-order valence-electron chi connectivity index (χ3n) is 2.92. The molecule has 19 heavy (non-hydrogen) atoms. The molecule has 0 saturated heterocycles. The van der Waals surface area contributed by atoms with Crippen LogP contribution in [0.3, 0.4) is 0 Å². The van der Waals surface area contributed by atoms with Gasteiger partial charge < -0.3 is 10.4 Å². The number of benzene rings is 1. The van der Waals surface area contributed by atoms with Crippen LogP contribution in [0.1, 0.15) is 38.2 Å². The van der Waals surface area contributed by atoms with Gasteiger partial charge in [-0.2, -0.15) is 0 Å². The number of carboxylic acids is 1. The van der Waals surface area contributed by atoms with E-state index in [1.165, 1.54) is 10.3 Å². The maximum Gasteiger partial charge on any atom is 0.303 e. The molecule has 2 N–H and O–H groups in total. The number of hydrogen-bond donors (Lipinski definition) is 2. The second kappa shape index (κ2) is 6.02. The number of hydrogen-bond acceptors (Lipinski definition) is 4. The maximum atomic E-state index is 10.4. The Bertz CT molecular complexity index is 578. The van der Waals surface area contributed by atoms with E-state index in [1.54, 1.807) is 11.3 Å². The lowest BCUT2D eigenvalue weighted by molar-refractivity contribution is -0.137. The average Bonchev–Trinajstić information content (AvgIpc) is 2.76. The second-order valence-corrected chi connectivity index (χ2v) is 5.82. The van der Waals surface area contributed by atoms with Gasteiger partial charge in [-0.15, -0.1) is 0 Å². The summed E-state index contributed by atoms with van der Waals surface area (Å²) < 4.78 is 1.17. The van der Waals surface area contributed by atoms with E-state index in [0.717, 1.165) is 10.6 Å². The molecule has 0 spiro atoms. The molecule has 0 saturated carbocycles. The van der Waals surface area contributed by atoms with Gasteiger partial charge >= 0.3 is 5.97 Å². The summed E-state index contributed by atoms with van der Waals surface area (Å²) >= 11 is 1.62. The fraction of sp³-hybridized carbons (Fsp3) is 0.429. The number of rotatable bonds is 6. The van der Waals surface area contributed by atoms with Crippen molar-refractivity contribution in [2.45, 2.75) is 32.6 Å². The van der Waals surface area contributed by atoms with E-state index in [1.807, 2.05) is 0 Å². The number of nitrogens with one attached hydrogen (secondary N) is 1. The van der Waals surface area contributed by atoms with Crippen LogP contribution >= 0.6 is 11.3 Å². The number of para-hydroxylation sites is 1. The first-order chi connectivity index (χ1) is 9.08. The summed E-state index contributed by atoms with van der Waals surface area (Å²) in [6.07, 6.45) is 0.803. The van der Waals surface area contributed by atoms with Gasteiger partial charge in [-0.25, -0.2) is 4.98 Å². The first-order valence-corrected chi connectivity index (χ1v) is 7.24. The number of thiazole rings is 1. The molecule has 2 aromatic rings. The molecule has 0 atom stereocenters. The van der Waals surface area contributed by atoms with Crippen LogP contribution in [-0.4, -0.2) is 22.6 Å². The smallest absolute Gasteiger partial charge is 0.303 e. The van der Waals surface area contributed by atoms with E-state index in [-0.39, 0.29) is 6.42 Å². The summed E-state index contributed by atoms with van der Waals surface area (Å²) in [6.45, 7) is 4.96. The summed E-state index contributed by atoms with van der Waals surface area (Å²) in [7, 11) is 0. The van der Waals surface area contributed by atoms with Crippen LogP contribution < -0.4 is 5.32 Å². The lowest BCUT2D eigenvalue weighted by Crippen LogP contribution is -2.04. The highest BCUT2D eigenvalue weighted by Gasteiger charge is 2.10. The Balaban J connectivity index is 2.09. The Morgan fingerprint density at radius 3 is 2.95 bits per heavy atom. The van der Waals surface area contributed by atoms with Crippen molar-refractivity contribution in [3.63, 3.8) is 0 Å². The number of aliphatic carboxylic acids is 1. The summed E-state index contributed by atoms with van der Waals surface area (Å²) in [5, 5.41) is 12.7. The van der Waals surface area contributed by atoms with Crippen molar-refractivity contribution in [3.8, 4) is 0 Å². The number of aromatic nitrogens is 1. The summed E-state index contributed by atoms with van der Waals surface area (Å²) in [5.74, 6) is -0.307. The van der Waals surface area contributed by atoms with Crippen LogP contribution in [0.4, 0.5) is 5.13 Å². The van der Waals surface area contributed by atoms with Crippen molar-refractivity contribution in [3.05, 3.63) is 23.8 Å². The van der Waals surface area contributed by atoms with Gasteiger partial charge in [0.25, 0.3) is 0 Å². The third kappa shape index (κ3) is 3.44.